The molecule has 0 amide bonds. The number of aromatic nitrogens is 3. The van der Waals surface area contributed by atoms with E-state index in [4.69, 9.17) is 4.74 Å². The Morgan fingerprint density at radius 2 is 2.26 bits per heavy atom. The van der Waals surface area contributed by atoms with Gasteiger partial charge in [0.1, 0.15) is 17.9 Å². The molecule has 1 heterocycles. The molecule has 0 aliphatic heterocycles. The Balaban J connectivity index is 2.13. The normalized spacial score (nSPS) is 10.4. The van der Waals surface area contributed by atoms with Crippen molar-refractivity contribution >= 4 is 5.78 Å². The van der Waals surface area contributed by atoms with E-state index in [1.165, 1.54) is 6.33 Å². The summed E-state index contributed by atoms with van der Waals surface area (Å²) in [6.45, 7) is 2.84. The Labute approximate surface area is 112 Å². The molecule has 5 nitrogen and oxygen atoms in total. The molecule has 0 spiro atoms. The van der Waals surface area contributed by atoms with Crippen molar-refractivity contribution in [2.75, 3.05) is 7.11 Å². The topological polar surface area (TPSA) is 57.0 Å². The molecule has 0 saturated heterocycles. The minimum atomic E-state index is 0.0178. The third kappa shape index (κ3) is 3.19. The Bertz CT molecular complexity index is 563. The molecule has 0 saturated carbocycles. The van der Waals surface area contributed by atoms with Gasteiger partial charge in [0.25, 0.3) is 0 Å². The minimum absolute atomic E-state index is 0.0178. The maximum Gasteiger partial charge on any atom is 0.170 e. The summed E-state index contributed by atoms with van der Waals surface area (Å²) in [5, 5.41) is 4.12. The summed E-state index contributed by atoms with van der Waals surface area (Å²) >= 11 is 0. The zero-order chi connectivity index (χ0) is 13.7. The first-order valence-corrected chi connectivity index (χ1v) is 6.28. The fraction of sp³-hybridized carbons (Fsp3) is 0.357. The van der Waals surface area contributed by atoms with Crippen LogP contribution < -0.4 is 4.74 Å². The van der Waals surface area contributed by atoms with E-state index in [1.54, 1.807) is 23.9 Å². The lowest BCUT2D eigenvalue weighted by molar-refractivity contribution is 0.0989. The number of hydrogen-bond acceptors (Lipinski definition) is 4. The zero-order valence-electron chi connectivity index (χ0n) is 11.2. The van der Waals surface area contributed by atoms with Gasteiger partial charge in [0, 0.05) is 12.1 Å². The van der Waals surface area contributed by atoms with E-state index in [-0.39, 0.29) is 12.2 Å². The quantitative estimate of drug-likeness (QED) is 0.746. The number of benzene rings is 1. The molecule has 0 fully saturated rings. The molecule has 5 heteroatoms. The monoisotopic (exact) mass is 259 g/mol. The first-order chi connectivity index (χ1) is 9.24. The largest absolute Gasteiger partial charge is 0.497 e. The second-order valence-corrected chi connectivity index (χ2v) is 4.23. The highest BCUT2D eigenvalue weighted by Crippen LogP contribution is 2.14. The van der Waals surface area contributed by atoms with Gasteiger partial charge in [0.05, 0.1) is 13.5 Å². The van der Waals surface area contributed by atoms with Crippen molar-refractivity contribution in [3.05, 3.63) is 42.0 Å². The lowest BCUT2D eigenvalue weighted by atomic mass is 10.1. The fourth-order valence-electron chi connectivity index (χ4n) is 1.87. The summed E-state index contributed by atoms with van der Waals surface area (Å²) in [5.74, 6) is 1.40. The van der Waals surface area contributed by atoms with E-state index in [0.717, 1.165) is 13.0 Å². The van der Waals surface area contributed by atoms with Crippen LogP contribution in [0.2, 0.25) is 0 Å². The molecule has 2 aromatic rings. The van der Waals surface area contributed by atoms with Crippen LogP contribution in [0.25, 0.3) is 0 Å². The number of carbonyl (C=O) groups excluding carboxylic acids is 1. The Morgan fingerprint density at radius 3 is 3.00 bits per heavy atom. The van der Waals surface area contributed by atoms with Crippen LogP contribution in [0, 0.1) is 0 Å². The number of ether oxygens (including phenoxy) is 1. The zero-order valence-corrected chi connectivity index (χ0v) is 11.2. The van der Waals surface area contributed by atoms with E-state index in [9.17, 15) is 4.79 Å². The highest BCUT2D eigenvalue weighted by Gasteiger charge is 2.12. The number of nitrogens with zero attached hydrogens (tertiary/aromatic N) is 3. The SMILES string of the molecule is CCCn1ncnc1CC(=O)c1cccc(OC)c1. The summed E-state index contributed by atoms with van der Waals surface area (Å²) in [7, 11) is 1.58. The number of methoxy groups -OCH3 is 1. The van der Waals surface area contributed by atoms with Gasteiger partial charge in [-0.1, -0.05) is 19.1 Å². The van der Waals surface area contributed by atoms with Crippen LogP contribution in [0.3, 0.4) is 0 Å². The maximum atomic E-state index is 12.2. The number of Topliss-reactive ketones (excluding diaryl/α,β-unsaturated/α-hetero) is 1. The van der Waals surface area contributed by atoms with E-state index >= 15 is 0 Å². The Hall–Kier alpha value is -2.17. The van der Waals surface area contributed by atoms with Gasteiger partial charge in [-0.15, -0.1) is 0 Å². The number of rotatable bonds is 6. The summed E-state index contributed by atoms with van der Waals surface area (Å²) in [5.41, 5.74) is 0.630. The summed E-state index contributed by atoms with van der Waals surface area (Å²) in [6, 6.07) is 7.15. The summed E-state index contributed by atoms with van der Waals surface area (Å²) in [4.78, 5) is 16.3. The van der Waals surface area contributed by atoms with Crippen LogP contribution in [0.1, 0.15) is 29.5 Å². The minimum Gasteiger partial charge on any atom is -0.497 e. The predicted octanol–water partition coefficient (Wildman–Crippen LogP) is 2.12. The van der Waals surface area contributed by atoms with Crippen molar-refractivity contribution < 1.29 is 9.53 Å². The highest BCUT2D eigenvalue weighted by atomic mass is 16.5. The maximum absolute atomic E-state index is 12.2. The van der Waals surface area contributed by atoms with E-state index in [0.29, 0.717) is 17.1 Å². The second-order valence-electron chi connectivity index (χ2n) is 4.23. The molecule has 0 N–H and O–H groups in total. The van der Waals surface area contributed by atoms with Gasteiger partial charge in [-0.3, -0.25) is 4.79 Å². The Morgan fingerprint density at radius 1 is 1.42 bits per heavy atom. The molecule has 1 aromatic heterocycles. The average molecular weight is 259 g/mol. The standard InChI is InChI=1S/C14H17N3O2/c1-3-7-17-14(15-10-16-17)9-13(18)11-5-4-6-12(8-11)19-2/h4-6,8,10H,3,7,9H2,1-2H3. The van der Waals surface area contributed by atoms with Gasteiger partial charge in [-0.2, -0.15) is 5.10 Å². The number of ketones is 1. The number of carbonyl (C=O) groups is 1. The molecule has 2 rings (SSSR count). The summed E-state index contributed by atoms with van der Waals surface area (Å²) in [6.07, 6.45) is 2.71. The third-order valence-corrected chi connectivity index (χ3v) is 2.84. The van der Waals surface area contributed by atoms with Gasteiger partial charge >= 0.3 is 0 Å². The number of aryl methyl sites for hydroxylation is 1. The van der Waals surface area contributed by atoms with E-state index in [2.05, 4.69) is 17.0 Å². The lowest BCUT2D eigenvalue weighted by Crippen LogP contribution is -2.11. The fourth-order valence-corrected chi connectivity index (χ4v) is 1.87. The van der Waals surface area contributed by atoms with Crippen molar-refractivity contribution in [1.29, 1.82) is 0 Å². The first-order valence-electron chi connectivity index (χ1n) is 6.28. The van der Waals surface area contributed by atoms with Crippen LogP contribution in [0.4, 0.5) is 0 Å². The molecule has 0 bridgehead atoms. The lowest BCUT2D eigenvalue weighted by Gasteiger charge is -2.05. The van der Waals surface area contributed by atoms with Gasteiger partial charge in [0.2, 0.25) is 0 Å². The summed E-state index contributed by atoms with van der Waals surface area (Å²) < 4.78 is 6.89. The van der Waals surface area contributed by atoms with E-state index < -0.39 is 0 Å². The molecule has 0 unspecified atom stereocenters. The molecule has 19 heavy (non-hydrogen) atoms. The molecule has 0 aliphatic carbocycles. The van der Waals surface area contributed by atoms with Gasteiger partial charge in [0.15, 0.2) is 5.78 Å². The van der Waals surface area contributed by atoms with Crippen LogP contribution in [0.5, 0.6) is 5.75 Å². The van der Waals surface area contributed by atoms with Crippen LogP contribution in [-0.4, -0.2) is 27.7 Å². The Kier molecular flexibility index (Phi) is 4.28. The molecule has 1 aromatic carbocycles. The molecule has 0 aliphatic rings. The van der Waals surface area contributed by atoms with Crippen LogP contribution >= 0.6 is 0 Å². The van der Waals surface area contributed by atoms with Gasteiger partial charge in [-0.25, -0.2) is 9.67 Å². The van der Waals surface area contributed by atoms with Crippen LogP contribution in [0.15, 0.2) is 30.6 Å². The van der Waals surface area contributed by atoms with Crippen molar-refractivity contribution in [3.8, 4) is 5.75 Å². The third-order valence-electron chi connectivity index (χ3n) is 2.84. The van der Waals surface area contributed by atoms with E-state index in [1.807, 2.05) is 12.1 Å². The van der Waals surface area contributed by atoms with Crippen molar-refractivity contribution in [2.24, 2.45) is 0 Å². The van der Waals surface area contributed by atoms with Crippen LogP contribution in [-0.2, 0) is 13.0 Å². The average Bonchev–Trinajstić information content (AvgIpc) is 2.86. The van der Waals surface area contributed by atoms with Crippen molar-refractivity contribution in [2.45, 2.75) is 26.3 Å². The van der Waals surface area contributed by atoms with Gasteiger partial charge < -0.3 is 4.74 Å². The molecule has 0 atom stereocenters. The van der Waals surface area contributed by atoms with Gasteiger partial charge in [-0.05, 0) is 18.6 Å². The molecule has 100 valence electrons. The van der Waals surface area contributed by atoms with Crippen molar-refractivity contribution in [1.82, 2.24) is 14.8 Å². The van der Waals surface area contributed by atoms with Crippen molar-refractivity contribution in [3.63, 3.8) is 0 Å². The first kappa shape index (κ1) is 13.3. The second kappa shape index (κ2) is 6.13. The number of hydrogen-bond donors (Lipinski definition) is 0. The molecular formula is C14H17N3O2. The molecule has 0 radical (unpaired) electrons. The smallest absolute Gasteiger partial charge is 0.170 e. The molecular weight excluding hydrogens is 242 g/mol. The highest BCUT2D eigenvalue weighted by molar-refractivity contribution is 5.97. The predicted molar refractivity (Wildman–Crippen MR) is 71.3 cm³/mol.